The number of fused-ring (bicyclic) bond motifs is 1. The van der Waals surface area contributed by atoms with E-state index in [-0.39, 0.29) is 0 Å². The average Bonchev–Trinajstić information content (AvgIpc) is 2.54. The van der Waals surface area contributed by atoms with E-state index in [1.807, 2.05) is 11.4 Å². The van der Waals surface area contributed by atoms with Gasteiger partial charge in [-0.15, -0.1) is 11.3 Å². The molecule has 0 saturated carbocycles. The maximum atomic E-state index is 8.99. The molecule has 2 aromatic rings. The average molecular weight is 364 g/mol. The molecule has 0 spiro atoms. The first-order chi connectivity index (χ1) is 6.24. The molecule has 13 heavy (non-hydrogen) atoms. The molecule has 0 aliphatic heterocycles. The summed E-state index contributed by atoms with van der Waals surface area (Å²) in [4.78, 5) is 0. The molecular weight excluding hydrogens is 361 g/mol. The predicted molar refractivity (Wildman–Crippen MR) is 67.0 cm³/mol. The van der Waals surface area contributed by atoms with Crippen LogP contribution in [-0.4, -0.2) is 0 Å². The molecule has 0 atom stereocenters. The third kappa shape index (κ3) is 1.49. The first-order valence-corrected chi connectivity index (χ1v) is 6.24. The Hall–Kier alpha value is -0.120. The van der Waals surface area contributed by atoms with Crippen LogP contribution >= 0.6 is 49.9 Å². The van der Waals surface area contributed by atoms with Crippen LogP contribution < -0.4 is 0 Å². The maximum absolute atomic E-state index is 8.99. The molecule has 1 aromatic heterocycles. The molecule has 0 unspecified atom stereocenters. The van der Waals surface area contributed by atoms with E-state index in [2.05, 4.69) is 50.7 Å². The van der Waals surface area contributed by atoms with E-state index < -0.39 is 0 Å². The Morgan fingerprint density at radius 3 is 3.00 bits per heavy atom. The highest BCUT2D eigenvalue weighted by Crippen LogP contribution is 2.32. The third-order valence-corrected chi connectivity index (χ3v) is 5.11. The van der Waals surface area contributed by atoms with E-state index >= 15 is 0 Å². The molecule has 0 amide bonds. The summed E-state index contributed by atoms with van der Waals surface area (Å²) in [6.45, 7) is 0. The first kappa shape index (κ1) is 9.44. The lowest BCUT2D eigenvalue weighted by Crippen LogP contribution is -1.83. The quantitative estimate of drug-likeness (QED) is 0.645. The van der Waals surface area contributed by atoms with Crippen molar-refractivity contribution in [1.29, 1.82) is 5.26 Å². The number of benzene rings is 1. The smallest absolute Gasteiger partial charge is 0.101 e. The summed E-state index contributed by atoms with van der Waals surface area (Å²) in [5, 5.41) is 12.1. The summed E-state index contributed by atoms with van der Waals surface area (Å²) in [6, 6.07) is 6.29. The molecular formula is C9H3BrINS. The molecule has 2 rings (SSSR count). The fourth-order valence-electron chi connectivity index (χ4n) is 1.16. The van der Waals surface area contributed by atoms with Gasteiger partial charge in [-0.25, -0.2) is 0 Å². The zero-order chi connectivity index (χ0) is 9.42. The van der Waals surface area contributed by atoms with E-state index in [0.29, 0.717) is 0 Å². The molecule has 4 heteroatoms. The number of nitrogens with zero attached hydrogens (tertiary/aromatic N) is 1. The summed E-state index contributed by atoms with van der Waals surface area (Å²) < 4.78 is 3.15. The van der Waals surface area contributed by atoms with Gasteiger partial charge in [0.2, 0.25) is 0 Å². The van der Waals surface area contributed by atoms with Crippen LogP contribution in [0.15, 0.2) is 22.0 Å². The second kappa shape index (κ2) is 3.56. The summed E-state index contributed by atoms with van der Waals surface area (Å²) in [6.07, 6.45) is 0. The number of nitriles is 1. The van der Waals surface area contributed by atoms with Gasteiger partial charge in [0.1, 0.15) is 6.07 Å². The lowest BCUT2D eigenvalue weighted by atomic mass is 10.1. The molecule has 0 aliphatic rings. The number of hydrogen-bond acceptors (Lipinski definition) is 2. The summed E-state index contributed by atoms with van der Waals surface area (Å²) in [7, 11) is 0. The Bertz CT molecular complexity index is 512. The van der Waals surface area contributed by atoms with Gasteiger partial charge in [0.05, 0.1) is 5.56 Å². The van der Waals surface area contributed by atoms with Crippen LogP contribution in [0.25, 0.3) is 10.1 Å². The first-order valence-electron chi connectivity index (χ1n) is 3.49. The third-order valence-electron chi connectivity index (χ3n) is 1.76. The minimum absolute atomic E-state index is 0.770. The lowest BCUT2D eigenvalue weighted by molar-refractivity contribution is 1.48. The Labute approximate surface area is 102 Å². The van der Waals surface area contributed by atoms with Crippen molar-refractivity contribution in [3.8, 4) is 6.07 Å². The second-order valence-corrected chi connectivity index (χ2v) is 5.37. The van der Waals surface area contributed by atoms with Gasteiger partial charge in [0.25, 0.3) is 0 Å². The van der Waals surface area contributed by atoms with Crippen LogP contribution in [0.3, 0.4) is 0 Å². The number of thiophene rings is 1. The van der Waals surface area contributed by atoms with E-state index in [1.165, 1.54) is 0 Å². The maximum Gasteiger partial charge on any atom is 0.101 e. The van der Waals surface area contributed by atoms with Crippen molar-refractivity contribution in [2.24, 2.45) is 0 Å². The Kier molecular flexibility index (Phi) is 2.58. The van der Waals surface area contributed by atoms with Crippen LogP contribution in [0.1, 0.15) is 5.56 Å². The van der Waals surface area contributed by atoms with Gasteiger partial charge in [-0.05, 0) is 56.0 Å². The van der Waals surface area contributed by atoms with Gasteiger partial charge < -0.3 is 0 Å². The van der Waals surface area contributed by atoms with Gasteiger partial charge >= 0.3 is 0 Å². The molecule has 1 nitrogen and oxygen atoms in total. The van der Waals surface area contributed by atoms with Crippen molar-refractivity contribution in [2.45, 2.75) is 0 Å². The van der Waals surface area contributed by atoms with Crippen LogP contribution in [-0.2, 0) is 0 Å². The van der Waals surface area contributed by atoms with E-state index in [4.69, 9.17) is 5.26 Å². The van der Waals surface area contributed by atoms with Gasteiger partial charge in [-0.1, -0.05) is 0 Å². The highest BCUT2D eigenvalue weighted by Gasteiger charge is 2.09. The fourth-order valence-corrected chi connectivity index (χ4v) is 3.14. The SMILES string of the molecule is N#Cc1c(I)c(Br)cc2sccc12. The van der Waals surface area contributed by atoms with Crippen molar-refractivity contribution < 1.29 is 0 Å². The zero-order valence-electron chi connectivity index (χ0n) is 6.34. The fraction of sp³-hybridized carbons (Fsp3) is 0. The van der Waals surface area contributed by atoms with Crippen molar-refractivity contribution in [2.75, 3.05) is 0 Å². The molecule has 0 radical (unpaired) electrons. The zero-order valence-corrected chi connectivity index (χ0v) is 10.9. The highest BCUT2D eigenvalue weighted by molar-refractivity contribution is 14.1. The lowest BCUT2D eigenvalue weighted by Gasteiger charge is -2.00. The molecule has 0 fully saturated rings. The molecule has 64 valence electrons. The summed E-state index contributed by atoms with van der Waals surface area (Å²) >= 11 is 7.28. The standard InChI is InChI=1S/C9H3BrINS/c10-7-3-8-5(1-2-13-8)6(4-12)9(7)11/h1-3H. The van der Waals surface area contributed by atoms with E-state index in [1.54, 1.807) is 11.3 Å². The van der Waals surface area contributed by atoms with Crippen LogP contribution in [0.4, 0.5) is 0 Å². The molecule has 0 aliphatic carbocycles. The molecule has 0 saturated heterocycles. The summed E-state index contributed by atoms with van der Waals surface area (Å²) in [5.74, 6) is 0. The minimum Gasteiger partial charge on any atom is -0.192 e. The van der Waals surface area contributed by atoms with E-state index in [9.17, 15) is 0 Å². The Morgan fingerprint density at radius 1 is 1.54 bits per heavy atom. The molecule has 0 bridgehead atoms. The molecule has 1 heterocycles. The number of rotatable bonds is 0. The van der Waals surface area contributed by atoms with Crippen LogP contribution in [0.5, 0.6) is 0 Å². The van der Waals surface area contributed by atoms with Gasteiger partial charge in [-0.2, -0.15) is 5.26 Å². The van der Waals surface area contributed by atoms with E-state index in [0.717, 1.165) is 23.7 Å². The largest absolute Gasteiger partial charge is 0.192 e. The van der Waals surface area contributed by atoms with Gasteiger partial charge in [0, 0.05) is 18.1 Å². The van der Waals surface area contributed by atoms with Crippen molar-refractivity contribution in [1.82, 2.24) is 0 Å². The van der Waals surface area contributed by atoms with Crippen molar-refractivity contribution >= 4 is 59.9 Å². The van der Waals surface area contributed by atoms with Crippen molar-refractivity contribution in [3.63, 3.8) is 0 Å². The van der Waals surface area contributed by atoms with Gasteiger partial charge in [0.15, 0.2) is 0 Å². The monoisotopic (exact) mass is 363 g/mol. The molecule has 0 N–H and O–H groups in total. The highest BCUT2D eigenvalue weighted by atomic mass is 127. The Balaban J connectivity index is 2.98. The molecule has 1 aromatic carbocycles. The Morgan fingerprint density at radius 2 is 2.31 bits per heavy atom. The van der Waals surface area contributed by atoms with Crippen LogP contribution in [0, 0.1) is 14.9 Å². The van der Waals surface area contributed by atoms with Crippen molar-refractivity contribution in [3.05, 3.63) is 31.1 Å². The summed E-state index contributed by atoms with van der Waals surface area (Å²) in [5.41, 5.74) is 0.770. The number of hydrogen-bond donors (Lipinski definition) is 0. The topological polar surface area (TPSA) is 23.8 Å². The minimum atomic E-state index is 0.770. The van der Waals surface area contributed by atoms with Crippen LogP contribution in [0.2, 0.25) is 0 Å². The second-order valence-electron chi connectivity index (χ2n) is 2.49. The van der Waals surface area contributed by atoms with Gasteiger partial charge in [-0.3, -0.25) is 0 Å². The number of halogens is 2. The predicted octanol–water partition coefficient (Wildman–Crippen LogP) is 4.14. The normalized spacial score (nSPS) is 10.2.